The standard InChI is InChI=1S/C14H17ClN2O2/c1-2-7-17-13(18)8-11(9-16-14(17)19)10-3-5-12(15)6-4-10/h3-6,11H,2,7-9H2,1H3,(H,16,19). The van der Waals surface area contributed by atoms with E-state index in [1.54, 1.807) is 12.1 Å². The lowest BCUT2D eigenvalue weighted by atomic mass is 9.95. The first kappa shape index (κ1) is 13.9. The Kier molecular flexibility index (Phi) is 4.43. The van der Waals surface area contributed by atoms with Gasteiger partial charge >= 0.3 is 6.03 Å². The van der Waals surface area contributed by atoms with Crippen molar-refractivity contribution in [3.63, 3.8) is 0 Å². The minimum atomic E-state index is -0.289. The van der Waals surface area contributed by atoms with Crippen LogP contribution in [0.4, 0.5) is 4.79 Å². The van der Waals surface area contributed by atoms with Gasteiger partial charge in [-0.2, -0.15) is 0 Å². The smallest absolute Gasteiger partial charge is 0.324 e. The molecule has 0 spiro atoms. The van der Waals surface area contributed by atoms with Crippen LogP contribution in [0.5, 0.6) is 0 Å². The molecule has 1 aromatic rings. The van der Waals surface area contributed by atoms with Crippen LogP contribution in [-0.4, -0.2) is 29.9 Å². The molecule has 0 radical (unpaired) electrons. The summed E-state index contributed by atoms with van der Waals surface area (Å²) in [6, 6.07) is 7.13. The Bertz CT molecular complexity index is 473. The van der Waals surface area contributed by atoms with Crippen LogP contribution in [0, 0.1) is 0 Å². The summed E-state index contributed by atoms with van der Waals surface area (Å²) < 4.78 is 0. The van der Waals surface area contributed by atoms with Gasteiger partial charge in [0.05, 0.1) is 0 Å². The Labute approximate surface area is 117 Å². The molecule has 3 amide bonds. The number of imide groups is 1. The zero-order valence-electron chi connectivity index (χ0n) is 10.9. The van der Waals surface area contributed by atoms with Crippen molar-refractivity contribution >= 4 is 23.5 Å². The van der Waals surface area contributed by atoms with E-state index >= 15 is 0 Å². The maximum absolute atomic E-state index is 12.1. The molecule has 102 valence electrons. The zero-order chi connectivity index (χ0) is 13.8. The van der Waals surface area contributed by atoms with Gasteiger partial charge in [0.2, 0.25) is 5.91 Å². The molecule has 1 atom stereocenters. The van der Waals surface area contributed by atoms with Gasteiger partial charge in [-0.3, -0.25) is 9.69 Å². The van der Waals surface area contributed by atoms with Crippen LogP contribution in [0.25, 0.3) is 0 Å². The van der Waals surface area contributed by atoms with Crippen LogP contribution in [0.3, 0.4) is 0 Å². The summed E-state index contributed by atoms with van der Waals surface area (Å²) in [7, 11) is 0. The van der Waals surface area contributed by atoms with Crippen molar-refractivity contribution in [1.29, 1.82) is 0 Å². The first-order valence-electron chi connectivity index (χ1n) is 6.45. The largest absolute Gasteiger partial charge is 0.337 e. The number of hydrogen-bond acceptors (Lipinski definition) is 2. The van der Waals surface area contributed by atoms with E-state index in [1.165, 1.54) is 4.90 Å². The van der Waals surface area contributed by atoms with Crippen molar-refractivity contribution in [3.05, 3.63) is 34.9 Å². The molecule has 0 aliphatic carbocycles. The van der Waals surface area contributed by atoms with Gasteiger partial charge < -0.3 is 5.32 Å². The van der Waals surface area contributed by atoms with E-state index in [9.17, 15) is 9.59 Å². The number of urea groups is 1. The van der Waals surface area contributed by atoms with E-state index in [1.807, 2.05) is 19.1 Å². The summed E-state index contributed by atoms with van der Waals surface area (Å²) in [5.41, 5.74) is 1.02. The average Bonchev–Trinajstić information content (AvgIpc) is 2.53. The van der Waals surface area contributed by atoms with Crippen molar-refractivity contribution in [1.82, 2.24) is 10.2 Å². The molecule has 0 saturated carbocycles. The fourth-order valence-electron chi connectivity index (χ4n) is 2.23. The normalized spacial score (nSPS) is 20.1. The second-order valence-electron chi connectivity index (χ2n) is 4.68. The number of carbonyl (C=O) groups excluding carboxylic acids is 2. The van der Waals surface area contributed by atoms with Gasteiger partial charge in [-0.25, -0.2) is 4.79 Å². The van der Waals surface area contributed by atoms with Gasteiger partial charge in [-0.15, -0.1) is 0 Å². The minimum Gasteiger partial charge on any atom is -0.337 e. The van der Waals surface area contributed by atoms with Crippen molar-refractivity contribution in [2.75, 3.05) is 13.1 Å². The lowest BCUT2D eigenvalue weighted by Gasteiger charge is -2.17. The number of hydrogen-bond donors (Lipinski definition) is 1. The van der Waals surface area contributed by atoms with Crippen LogP contribution in [-0.2, 0) is 4.79 Å². The van der Waals surface area contributed by atoms with Gasteiger partial charge in [0.25, 0.3) is 0 Å². The van der Waals surface area contributed by atoms with E-state index < -0.39 is 0 Å². The molecule has 1 aliphatic rings. The molecule has 0 aromatic heterocycles. The third kappa shape index (κ3) is 3.26. The molecule has 1 saturated heterocycles. The van der Waals surface area contributed by atoms with Crippen molar-refractivity contribution in [3.8, 4) is 0 Å². The van der Waals surface area contributed by atoms with Gasteiger partial charge in [-0.05, 0) is 24.1 Å². The van der Waals surface area contributed by atoms with Gasteiger partial charge in [0.15, 0.2) is 0 Å². The minimum absolute atomic E-state index is 0.00979. The molecule has 1 unspecified atom stereocenters. The summed E-state index contributed by atoms with van der Waals surface area (Å²) in [6.45, 7) is 2.90. The molecule has 1 fully saturated rings. The van der Waals surface area contributed by atoms with Crippen LogP contribution < -0.4 is 5.32 Å². The number of nitrogens with one attached hydrogen (secondary N) is 1. The quantitative estimate of drug-likeness (QED) is 0.925. The Morgan fingerprint density at radius 3 is 2.63 bits per heavy atom. The maximum Gasteiger partial charge on any atom is 0.324 e. The van der Waals surface area contributed by atoms with Crippen LogP contribution in [0.2, 0.25) is 5.02 Å². The first-order chi connectivity index (χ1) is 9.11. The SMILES string of the molecule is CCCN1C(=O)CC(c2ccc(Cl)cc2)CNC1=O. The predicted molar refractivity (Wildman–Crippen MR) is 74.2 cm³/mol. The third-order valence-corrected chi connectivity index (χ3v) is 3.51. The van der Waals surface area contributed by atoms with Crippen molar-refractivity contribution in [2.45, 2.75) is 25.7 Å². The van der Waals surface area contributed by atoms with E-state index in [0.717, 1.165) is 12.0 Å². The number of carbonyl (C=O) groups is 2. The Morgan fingerprint density at radius 1 is 1.32 bits per heavy atom. The van der Waals surface area contributed by atoms with E-state index in [4.69, 9.17) is 11.6 Å². The van der Waals surface area contributed by atoms with E-state index in [2.05, 4.69) is 5.32 Å². The average molecular weight is 281 g/mol. The number of amides is 3. The number of halogens is 1. The van der Waals surface area contributed by atoms with Crippen molar-refractivity contribution < 1.29 is 9.59 Å². The molecule has 1 aromatic carbocycles. The Hall–Kier alpha value is -1.55. The highest BCUT2D eigenvalue weighted by molar-refractivity contribution is 6.30. The van der Waals surface area contributed by atoms with Gasteiger partial charge in [0, 0.05) is 30.5 Å². The van der Waals surface area contributed by atoms with Crippen LogP contribution in [0.1, 0.15) is 31.2 Å². The van der Waals surface area contributed by atoms with E-state index in [-0.39, 0.29) is 17.9 Å². The van der Waals surface area contributed by atoms with Gasteiger partial charge in [-0.1, -0.05) is 30.7 Å². The monoisotopic (exact) mass is 280 g/mol. The summed E-state index contributed by atoms with van der Waals surface area (Å²) in [6.07, 6.45) is 1.12. The Balaban J connectivity index is 2.15. The van der Waals surface area contributed by atoms with Gasteiger partial charge in [0.1, 0.15) is 0 Å². The first-order valence-corrected chi connectivity index (χ1v) is 6.83. The molecule has 2 rings (SSSR count). The lowest BCUT2D eigenvalue weighted by Crippen LogP contribution is -2.41. The fourth-order valence-corrected chi connectivity index (χ4v) is 2.36. The van der Waals surface area contributed by atoms with E-state index in [0.29, 0.717) is 24.5 Å². The Morgan fingerprint density at radius 2 is 2.00 bits per heavy atom. The second-order valence-corrected chi connectivity index (χ2v) is 5.12. The maximum atomic E-state index is 12.1. The summed E-state index contributed by atoms with van der Waals surface area (Å²) in [5, 5.41) is 3.47. The van der Waals surface area contributed by atoms with Crippen LogP contribution in [0.15, 0.2) is 24.3 Å². The number of rotatable bonds is 3. The molecule has 5 heteroatoms. The second kappa shape index (κ2) is 6.06. The molecular weight excluding hydrogens is 264 g/mol. The summed E-state index contributed by atoms with van der Waals surface area (Å²) in [4.78, 5) is 25.2. The highest BCUT2D eigenvalue weighted by Crippen LogP contribution is 2.24. The molecule has 19 heavy (non-hydrogen) atoms. The number of benzene rings is 1. The summed E-state index contributed by atoms with van der Waals surface area (Å²) >= 11 is 5.85. The number of nitrogens with zero attached hydrogens (tertiary/aromatic N) is 1. The highest BCUT2D eigenvalue weighted by Gasteiger charge is 2.28. The lowest BCUT2D eigenvalue weighted by molar-refractivity contribution is -0.128. The molecule has 0 bridgehead atoms. The van der Waals surface area contributed by atoms with Crippen LogP contribution >= 0.6 is 11.6 Å². The topological polar surface area (TPSA) is 49.4 Å². The third-order valence-electron chi connectivity index (χ3n) is 3.26. The summed E-state index contributed by atoms with van der Waals surface area (Å²) in [5.74, 6) is -0.104. The molecule has 1 heterocycles. The molecule has 1 N–H and O–H groups in total. The predicted octanol–water partition coefficient (Wildman–Crippen LogP) is 2.78. The van der Waals surface area contributed by atoms with Crippen molar-refractivity contribution in [2.24, 2.45) is 0 Å². The zero-order valence-corrected chi connectivity index (χ0v) is 11.6. The molecule has 1 aliphatic heterocycles. The fraction of sp³-hybridized carbons (Fsp3) is 0.429. The molecular formula is C14H17ClN2O2. The highest BCUT2D eigenvalue weighted by atomic mass is 35.5. The molecule has 4 nitrogen and oxygen atoms in total.